The van der Waals surface area contributed by atoms with Crippen molar-refractivity contribution in [3.8, 4) is 0 Å². The molecule has 0 fully saturated rings. The lowest BCUT2D eigenvalue weighted by atomic mass is 10.2. The number of aryl methyl sites for hydroxylation is 1. The second-order valence-electron chi connectivity index (χ2n) is 2.89. The molecule has 1 aromatic heterocycles. The summed E-state index contributed by atoms with van der Waals surface area (Å²) in [4.78, 5) is 17.0. The highest BCUT2D eigenvalue weighted by Gasteiger charge is 2.06. The van der Waals surface area contributed by atoms with E-state index in [1.54, 1.807) is 37.3 Å². The van der Waals surface area contributed by atoms with E-state index < -0.39 is 0 Å². The topological polar surface area (TPSA) is 33.2 Å². The molecule has 1 aromatic rings. The van der Waals surface area contributed by atoms with Gasteiger partial charge in [-0.2, -0.15) is 0 Å². The van der Waals surface area contributed by atoms with Gasteiger partial charge in [-0.05, 0) is 19.1 Å². The predicted molar refractivity (Wildman–Crippen MR) is 58.3 cm³/mol. The Labute approximate surface area is 85.8 Å². The summed E-state index contributed by atoms with van der Waals surface area (Å²) in [7, 11) is 3.47. The van der Waals surface area contributed by atoms with Gasteiger partial charge < -0.3 is 4.90 Å². The van der Waals surface area contributed by atoms with Crippen molar-refractivity contribution in [3.63, 3.8) is 0 Å². The molecule has 3 heteroatoms. The van der Waals surface area contributed by atoms with Crippen LogP contribution in [0.3, 0.4) is 0 Å². The first-order valence-electron chi connectivity index (χ1n) is 4.75. The van der Waals surface area contributed by atoms with Crippen LogP contribution in [0.15, 0.2) is 18.3 Å². The van der Waals surface area contributed by atoms with Gasteiger partial charge in [0.25, 0.3) is 5.91 Å². The molecule has 78 valence electrons. The van der Waals surface area contributed by atoms with Crippen LogP contribution < -0.4 is 0 Å². The Balaban J connectivity index is 0.000000791. The average molecular weight is 194 g/mol. The third-order valence-electron chi connectivity index (χ3n) is 1.55. The van der Waals surface area contributed by atoms with Gasteiger partial charge in [-0.25, -0.2) is 0 Å². The Morgan fingerprint density at radius 1 is 1.36 bits per heavy atom. The lowest BCUT2D eigenvalue weighted by molar-refractivity contribution is 0.0827. The minimum Gasteiger partial charge on any atom is -0.345 e. The van der Waals surface area contributed by atoms with E-state index in [0.717, 1.165) is 5.69 Å². The van der Waals surface area contributed by atoms with Crippen LogP contribution in [0.1, 0.15) is 29.9 Å². The molecular weight excluding hydrogens is 176 g/mol. The van der Waals surface area contributed by atoms with Crippen molar-refractivity contribution >= 4 is 5.91 Å². The molecule has 0 saturated heterocycles. The molecule has 0 bridgehead atoms. The summed E-state index contributed by atoms with van der Waals surface area (Å²) in [6.07, 6.45) is 1.64. The van der Waals surface area contributed by atoms with E-state index >= 15 is 0 Å². The lowest BCUT2D eigenvalue weighted by Gasteiger charge is -2.09. The van der Waals surface area contributed by atoms with E-state index in [4.69, 9.17) is 0 Å². The fraction of sp³-hybridized carbons (Fsp3) is 0.455. The van der Waals surface area contributed by atoms with Crippen molar-refractivity contribution < 1.29 is 4.79 Å². The number of carbonyl (C=O) groups is 1. The fourth-order valence-corrected chi connectivity index (χ4v) is 0.937. The molecule has 0 aliphatic rings. The van der Waals surface area contributed by atoms with Gasteiger partial charge in [-0.1, -0.05) is 13.8 Å². The zero-order valence-electron chi connectivity index (χ0n) is 9.53. The zero-order valence-corrected chi connectivity index (χ0v) is 9.53. The van der Waals surface area contributed by atoms with Crippen molar-refractivity contribution in [1.29, 1.82) is 0 Å². The molecule has 14 heavy (non-hydrogen) atoms. The van der Waals surface area contributed by atoms with Crippen LogP contribution in [0.2, 0.25) is 0 Å². The van der Waals surface area contributed by atoms with Gasteiger partial charge >= 0.3 is 0 Å². The van der Waals surface area contributed by atoms with E-state index in [1.165, 1.54) is 0 Å². The SMILES string of the molecule is CC.Cc1cc(C(=O)N(C)C)ccn1. The smallest absolute Gasteiger partial charge is 0.253 e. The highest BCUT2D eigenvalue weighted by molar-refractivity contribution is 5.93. The molecule has 0 aliphatic carbocycles. The second kappa shape index (κ2) is 6.13. The molecule has 1 heterocycles. The van der Waals surface area contributed by atoms with Crippen LogP contribution in [0, 0.1) is 6.92 Å². The van der Waals surface area contributed by atoms with Crippen molar-refractivity contribution in [3.05, 3.63) is 29.6 Å². The van der Waals surface area contributed by atoms with Crippen molar-refractivity contribution in [2.24, 2.45) is 0 Å². The minimum atomic E-state index is 0.0144. The Morgan fingerprint density at radius 3 is 2.36 bits per heavy atom. The normalized spacial score (nSPS) is 8.64. The van der Waals surface area contributed by atoms with Gasteiger partial charge in [0.15, 0.2) is 0 Å². The Morgan fingerprint density at radius 2 is 1.93 bits per heavy atom. The molecule has 0 unspecified atom stereocenters. The summed E-state index contributed by atoms with van der Waals surface area (Å²) in [6.45, 7) is 5.87. The van der Waals surface area contributed by atoms with Crippen LogP contribution >= 0.6 is 0 Å². The maximum atomic E-state index is 11.4. The summed E-state index contributed by atoms with van der Waals surface area (Å²) >= 11 is 0. The number of amides is 1. The fourth-order valence-electron chi connectivity index (χ4n) is 0.937. The number of nitrogens with zero attached hydrogens (tertiary/aromatic N) is 2. The molecular formula is C11H18N2O. The number of hydrogen-bond donors (Lipinski definition) is 0. The third-order valence-corrected chi connectivity index (χ3v) is 1.55. The highest BCUT2D eigenvalue weighted by Crippen LogP contribution is 2.02. The van der Waals surface area contributed by atoms with Crippen LogP contribution in [0.5, 0.6) is 0 Å². The van der Waals surface area contributed by atoms with Crippen molar-refractivity contribution in [2.75, 3.05) is 14.1 Å². The van der Waals surface area contributed by atoms with Gasteiger partial charge in [0.2, 0.25) is 0 Å². The molecule has 0 aromatic carbocycles. The molecule has 0 N–H and O–H groups in total. The van der Waals surface area contributed by atoms with Crippen LogP contribution in [0.4, 0.5) is 0 Å². The molecule has 1 rings (SSSR count). The van der Waals surface area contributed by atoms with E-state index in [-0.39, 0.29) is 5.91 Å². The number of aromatic nitrogens is 1. The quantitative estimate of drug-likeness (QED) is 0.686. The first-order chi connectivity index (χ1) is 6.61. The molecule has 0 radical (unpaired) electrons. The standard InChI is InChI=1S/C9H12N2O.C2H6/c1-7-6-8(4-5-10-7)9(12)11(2)3;1-2/h4-6H,1-3H3;1-2H3. The van der Waals surface area contributed by atoms with E-state index in [2.05, 4.69) is 4.98 Å². The van der Waals surface area contributed by atoms with E-state index in [1.807, 2.05) is 20.8 Å². The van der Waals surface area contributed by atoms with Gasteiger partial charge in [0.1, 0.15) is 0 Å². The molecule has 0 atom stereocenters. The molecule has 0 spiro atoms. The average Bonchev–Trinajstić information content (AvgIpc) is 2.19. The molecule has 1 amide bonds. The number of rotatable bonds is 1. The summed E-state index contributed by atoms with van der Waals surface area (Å²) < 4.78 is 0. The van der Waals surface area contributed by atoms with Gasteiger partial charge in [-0.15, -0.1) is 0 Å². The van der Waals surface area contributed by atoms with Gasteiger partial charge in [-0.3, -0.25) is 9.78 Å². The van der Waals surface area contributed by atoms with Crippen molar-refractivity contribution in [2.45, 2.75) is 20.8 Å². The lowest BCUT2D eigenvalue weighted by Crippen LogP contribution is -2.21. The number of carbonyl (C=O) groups excluding carboxylic acids is 1. The monoisotopic (exact) mass is 194 g/mol. The highest BCUT2D eigenvalue weighted by atomic mass is 16.2. The summed E-state index contributed by atoms with van der Waals surface area (Å²) in [5, 5.41) is 0. The maximum absolute atomic E-state index is 11.4. The van der Waals surface area contributed by atoms with Crippen LogP contribution in [0.25, 0.3) is 0 Å². The molecule has 3 nitrogen and oxygen atoms in total. The molecule has 0 aliphatic heterocycles. The maximum Gasteiger partial charge on any atom is 0.253 e. The predicted octanol–water partition coefficient (Wildman–Crippen LogP) is 2.12. The first-order valence-corrected chi connectivity index (χ1v) is 4.75. The number of pyridine rings is 1. The van der Waals surface area contributed by atoms with E-state index in [0.29, 0.717) is 5.56 Å². The Hall–Kier alpha value is -1.38. The van der Waals surface area contributed by atoms with Gasteiger partial charge in [0, 0.05) is 31.5 Å². The Bertz CT molecular complexity index is 295. The first kappa shape index (κ1) is 12.6. The second-order valence-corrected chi connectivity index (χ2v) is 2.89. The van der Waals surface area contributed by atoms with E-state index in [9.17, 15) is 4.79 Å². The zero-order chi connectivity index (χ0) is 11.1. The Kier molecular flexibility index (Phi) is 5.53. The van der Waals surface area contributed by atoms with Crippen LogP contribution in [-0.4, -0.2) is 29.9 Å². The summed E-state index contributed by atoms with van der Waals surface area (Å²) in [5.74, 6) is 0.0144. The summed E-state index contributed by atoms with van der Waals surface area (Å²) in [5.41, 5.74) is 1.55. The third kappa shape index (κ3) is 3.56. The minimum absolute atomic E-state index is 0.0144. The summed E-state index contributed by atoms with van der Waals surface area (Å²) in [6, 6.07) is 3.50. The van der Waals surface area contributed by atoms with Crippen LogP contribution in [-0.2, 0) is 0 Å². The largest absolute Gasteiger partial charge is 0.345 e. The molecule has 0 saturated carbocycles. The van der Waals surface area contributed by atoms with Gasteiger partial charge in [0.05, 0.1) is 0 Å². The number of hydrogen-bond acceptors (Lipinski definition) is 2. The van der Waals surface area contributed by atoms with Crippen molar-refractivity contribution in [1.82, 2.24) is 9.88 Å².